The summed E-state index contributed by atoms with van der Waals surface area (Å²) in [6, 6.07) is 5.42. The number of nitrogens with zero attached hydrogens (tertiary/aromatic N) is 1. The molecule has 1 fully saturated rings. The standard InChI is InChI=1S/C16H16F3NS/c17-16(18,19)13-8-4-7-12(9-13)15-20-14(10-21-15)11-5-2-1-3-6-11/h4,7-11H,1-3,5-6H2. The topological polar surface area (TPSA) is 12.9 Å². The van der Waals surface area contributed by atoms with Crippen LogP contribution in [-0.4, -0.2) is 4.98 Å². The van der Waals surface area contributed by atoms with Crippen LogP contribution in [0.15, 0.2) is 29.6 Å². The van der Waals surface area contributed by atoms with Crippen molar-refractivity contribution in [1.29, 1.82) is 0 Å². The number of benzene rings is 1. The Balaban J connectivity index is 1.86. The Bertz CT molecular complexity index is 612. The number of thiazole rings is 1. The first-order valence-corrected chi connectivity index (χ1v) is 8.05. The Kier molecular flexibility index (Phi) is 4.02. The van der Waals surface area contributed by atoms with Crippen molar-refractivity contribution in [3.63, 3.8) is 0 Å². The van der Waals surface area contributed by atoms with Crippen LogP contribution in [0.25, 0.3) is 10.6 Å². The van der Waals surface area contributed by atoms with Crippen molar-refractivity contribution < 1.29 is 13.2 Å². The maximum Gasteiger partial charge on any atom is 0.416 e. The zero-order chi connectivity index (χ0) is 14.9. The van der Waals surface area contributed by atoms with Gasteiger partial charge in [-0.15, -0.1) is 11.3 Å². The Morgan fingerprint density at radius 1 is 1.10 bits per heavy atom. The predicted octanol–water partition coefficient (Wildman–Crippen LogP) is 5.88. The smallest absolute Gasteiger partial charge is 0.241 e. The number of hydrogen-bond donors (Lipinski definition) is 0. The summed E-state index contributed by atoms with van der Waals surface area (Å²) in [6.07, 6.45) is 1.71. The molecule has 0 atom stereocenters. The van der Waals surface area contributed by atoms with E-state index in [-0.39, 0.29) is 0 Å². The molecular weight excluding hydrogens is 295 g/mol. The molecule has 0 saturated heterocycles. The lowest BCUT2D eigenvalue weighted by Gasteiger charge is -2.19. The normalized spacial score (nSPS) is 17.1. The minimum atomic E-state index is -4.31. The molecule has 3 rings (SSSR count). The second-order valence-electron chi connectivity index (χ2n) is 5.49. The van der Waals surface area contributed by atoms with Crippen LogP contribution in [0.3, 0.4) is 0 Å². The molecule has 21 heavy (non-hydrogen) atoms. The van der Waals surface area contributed by atoms with Gasteiger partial charge >= 0.3 is 6.18 Å². The first kappa shape index (κ1) is 14.6. The van der Waals surface area contributed by atoms with E-state index in [1.54, 1.807) is 6.07 Å². The second kappa shape index (κ2) is 5.79. The van der Waals surface area contributed by atoms with E-state index >= 15 is 0 Å². The van der Waals surface area contributed by atoms with E-state index in [0.717, 1.165) is 24.6 Å². The molecule has 0 bridgehead atoms. The average Bonchev–Trinajstić information content (AvgIpc) is 2.97. The van der Waals surface area contributed by atoms with Gasteiger partial charge in [0.05, 0.1) is 11.3 Å². The van der Waals surface area contributed by atoms with Crippen molar-refractivity contribution >= 4 is 11.3 Å². The molecule has 5 heteroatoms. The Morgan fingerprint density at radius 3 is 2.57 bits per heavy atom. The highest BCUT2D eigenvalue weighted by Crippen LogP contribution is 2.36. The molecule has 2 aromatic rings. The van der Waals surface area contributed by atoms with Crippen molar-refractivity contribution in [2.75, 3.05) is 0 Å². The molecular formula is C16H16F3NS. The van der Waals surface area contributed by atoms with Crippen LogP contribution in [0, 0.1) is 0 Å². The maximum absolute atomic E-state index is 12.8. The fourth-order valence-corrected chi connectivity index (χ4v) is 3.73. The van der Waals surface area contributed by atoms with Gasteiger partial charge in [-0.05, 0) is 25.0 Å². The molecule has 1 saturated carbocycles. The molecule has 0 radical (unpaired) electrons. The van der Waals surface area contributed by atoms with Gasteiger partial charge in [0.15, 0.2) is 0 Å². The Labute approximate surface area is 125 Å². The molecule has 1 aromatic heterocycles. The minimum absolute atomic E-state index is 0.481. The third-order valence-corrected chi connectivity index (χ3v) is 4.89. The molecule has 0 N–H and O–H groups in total. The van der Waals surface area contributed by atoms with E-state index in [0.29, 0.717) is 16.5 Å². The largest absolute Gasteiger partial charge is 0.416 e. The molecule has 1 heterocycles. The van der Waals surface area contributed by atoms with E-state index in [4.69, 9.17) is 0 Å². The Hall–Kier alpha value is -1.36. The maximum atomic E-state index is 12.8. The summed E-state index contributed by atoms with van der Waals surface area (Å²) in [5.74, 6) is 0.481. The lowest BCUT2D eigenvalue weighted by Crippen LogP contribution is -2.05. The SMILES string of the molecule is FC(F)(F)c1cccc(-c2nc(C3CCCCC3)cs2)c1. The molecule has 1 aromatic carbocycles. The van der Waals surface area contributed by atoms with Crippen LogP contribution in [0.5, 0.6) is 0 Å². The summed E-state index contributed by atoms with van der Waals surface area (Å²) in [5.41, 5.74) is 0.985. The summed E-state index contributed by atoms with van der Waals surface area (Å²) in [5, 5.41) is 2.69. The summed E-state index contributed by atoms with van der Waals surface area (Å²) in [6.45, 7) is 0. The molecule has 0 amide bonds. The summed E-state index contributed by atoms with van der Waals surface area (Å²) in [4.78, 5) is 4.58. The summed E-state index contributed by atoms with van der Waals surface area (Å²) >= 11 is 1.44. The van der Waals surface area contributed by atoms with Crippen LogP contribution in [0.1, 0.15) is 49.3 Å². The van der Waals surface area contributed by atoms with E-state index in [1.807, 2.05) is 5.38 Å². The van der Waals surface area contributed by atoms with Crippen LogP contribution in [0.2, 0.25) is 0 Å². The van der Waals surface area contributed by atoms with E-state index in [2.05, 4.69) is 4.98 Å². The molecule has 1 aliphatic rings. The van der Waals surface area contributed by atoms with Gasteiger partial charge in [0.1, 0.15) is 5.01 Å². The molecule has 0 spiro atoms. The van der Waals surface area contributed by atoms with Gasteiger partial charge in [-0.2, -0.15) is 13.2 Å². The van der Waals surface area contributed by atoms with Crippen molar-refractivity contribution in [2.24, 2.45) is 0 Å². The average molecular weight is 311 g/mol. The third kappa shape index (κ3) is 3.28. The van der Waals surface area contributed by atoms with Gasteiger partial charge in [0.2, 0.25) is 0 Å². The van der Waals surface area contributed by atoms with Crippen LogP contribution < -0.4 is 0 Å². The minimum Gasteiger partial charge on any atom is -0.241 e. The van der Waals surface area contributed by atoms with E-state index in [1.165, 1.54) is 42.7 Å². The third-order valence-electron chi connectivity index (χ3n) is 3.98. The molecule has 0 aliphatic heterocycles. The molecule has 1 aliphatic carbocycles. The number of aromatic nitrogens is 1. The second-order valence-corrected chi connectivity index (χ2v) is 6.35. The highest BCUT2D eigenvalue weighted by atomic mass is 32.1. The van der Waals surface area contributed by atoms with Crippen molar-refractivity contribution in [2.45, 2.75) is 44.2 Å². The van der Waals surface area contributed by atoms with E-state index in [9.17, 15) is 13.2 Å². The predicted molar refractivity (Wildman–Crippen MR) is 78.4 cm³/mol. The highest BCUT2D eigenvalue weighted by Gasteiger charge is 2.30. The van der Waals surface area contributed by atoms with Gasteiger partial charge in [0, 0.05) is 16.9 Å². The monoisotopic (exact) mass is 311 g/mol. The van der Waals surface area contributed by atoms with Crippen molar-refractivity contribution in [3.05, 3.63) is 40.9 Å². The fourth-order valence-electron chi connectivity index (χ4n) is 2.83. The molecule has 0 unspecified atom stereocenters. The number of halogens is 3. The van der Waals surface area contributed by atoms with E-state index < -0.39 is 11.7 Å². The zero-order valence-corrected chi connectivity index (χ0v) is 12.3. The number of hydrogen-bond acceptors (Lipinski definition) is 2. The van der Waals surface area contributed by atoms with Crippen LogP contribution in [-0.2, 0) is 6.18 Å². The lowest BCUT2D eigenvalue weighted by atomic mass is 9.87. The number of rotatable bonds is 2. The van der Waals surface area contributed by atoms with Gasteiger partial charge in [-0.25, -0.2) is 4.98 Å². The van der Waals surface area contributed by atoms with Crippen LogP contribution in [0.4, 0.5) is 13.2 Å². The van der Waals surface area contributed by atoms with Gasteiger partial charge in [-0.1, -0.05) is 31.4 Å². The Morgan fingerprint density at radius 2 is 1.86 bits per heavy atom. The fraction of sp³-hybridized carbons (Fsp3) is 0.438. The van der Waals surface area contributed by atoms with Gasteiger partial charge < -0.3 is 0 Å². The highest BCUT2D eigenvalue weighted by molar-refractivity contribution is 7.13. The first-order valence-electron chi connectivity index (χ1n) is 7.17. The van der Waals surface area contributed by atoms with Gasteiger partial charge in [-0.3, -0.25) is 0 Å². The quantitative estimate of drug-likeness (QED) is 0.675. The van der Waals surface area contributed by atoms with Crippen molar-refractivity contribution in [1.82, 2.24) is 4.98 Å². The summed E-state index contributed by atoms with van der Waals surface area (Å²) in [7, 11) is 0. The van der Waals surface area contributed by atoms with Crippen molar-refractivity contribution in [3.8, 4) is 10.6 Å². The van der Waals surface area contributed by atoms with Gasteiger partial charge in [0.25, 0.3) is 0 Å². The molecule has 112 valence electrons. The number of alkyl halides is 3. The zero-order valence-electron chi connectivity index (χ0n) is 11.5. The first-order chi connectivity index (χ1) is 10.0. The van der Waals surface area contributed by atoms with Crippen LogP contribution >= 0.6 is 11.3 Å². The summed E-state index contributed by atoms with van der Waals surface area (Å²) < 4.78 is 38.3. The molecule has 1 nitrogen and oxygen atoms in total. The lowest BCUT2D eigenvalue weighted by molar-refractivity contribution is -0.137.